The van der Waals surface area contributed by atoms with Crippen molar-refractivity contribution in [3.8, 4) is 11.3 Å². The molecule has 0 radical (unpaired) electrons. The fraction of sp³-hybridized carbons (Fsp3) is 0.0667. The van der Waals surface area contributed by atoms with Crippen molar-refractivity contribution in [2.24, 2.45) is 0 Å². The first-order valence-corrected chi connectivity index (χ1v) is 6.07. The summed E-state index contributed by atoms with van der Waals surface area (Å²) in [5.74, 6) is 0.746. The molecular weight excluding hydrogens is 246 g/mol. The average Bonchev–Trinajstić information content (AvgIpc) is 2.74. The van der Waals surface area contributed by atoms with Gasteiger partial charge in [0.1, 0.15) is 11.3 Å². The van der Waals surface area contributed by atoms with E-state index >= 15 is 0 Å². The van der Waals surface area contributed by atoms with E-state index in [-0.39, 0.29) is 0 Å². The van der Waals surface area contributed by atoms with Gasteiger partial charge in [-0.3, -0.25) is 0 Å². The Morgan fingerprint density at radius 2 is 1.89 bits per heavy atom. The molecule has 3 rings (SSSR count). The van der Waals surface area contributed by atoms with Crippen LogP contribution in [0.1, 0.15) is 5.56 Å². The van der Waals surface area contributed by atoms with Crippen molar-refractivity contribution in [2.45, 2.75) is 6.92 Å². The second-order valence-corrected chi connectivity index (χ2v) is 4.82. The average molecular weight is 258 g/mol. The van der Waals surface area contributed by atoms with Crippen molar-refractivity contribution < 1.29 is 4.42 Å². The van der Waals surface area contributed by atoms with E-state index in [9.17, 15) is 0 Å². The van der Waals surface area contributed by atoms with Gasteiger partial charge in [-0.25, -0.2) is 0 Å². The van der Waals surface area contributed by atoms with Gasteiger partial charge < -0.3 is 10.2 Å². The number of hydrogen-bond acceptors (Lipinski definition) is 2. The zero-order chi connectivity index (χ0) is 12.7. The smallest absolute Gasteiger partial charge is 0.137 e. The van der Waals surface area contributed by atoms with Crippen LogP contribution in [0.4, 0.5) is 5.69 Å². The number of halogens is 1. The molecule has 0 saturated heterocycles. The van der Waals surface area contributed by atoms with E-state index < -0.39 is 0 Å². The Hall–Kier alpha value is -1.93. The lowest BCUT2D eigenvalue weighted by Gasteiger charge is -2.02. The number of furan rings is 1. The Kier molecular flexibility index (Phi) is 2.53. The maximum absolute atomic E-state index is 5.99. The molecule has 2 aromatic carbocycles. The summed E-state index contributed by atoms with van der Waals surface area (Å²) in [6.07, 6.45) is 0. The van der Waals surface area contributed by atoms with Crippen LogP contribution in [-0.2, 0) is 0 Å². The number of nitrogens with two attached hydrogens (primary N) is 1. The molecule has 90 valence electrons. The van der Waals surface area contributed by atoms with E-state index in [1.165, 1.54) is 5.56 Å². The van der Waals surface area contributed by atoms with Crippen LogP contribution in [0.5, 0.6) is 0 Å². The van der Waals surface area contributed by atoms with Gasteiger partial charge in [0, 0.05) is 21.7 Å². The Morgan fingerprint density at radius 1 is 1.06 bits per heavy atom. The van der Waals surface area contributed by atoms with Crippen LogP contribution in [0.3, 0.4) is 0 Å². The molecule has 0 saturated carbocycles. The van der Waals surface area contributed by atoms with Crippen LogP contribution >= 0.6 is 11.6 Å². The lowest BCUT2D eigenvalue weighted by atomic mass is 10.1. The van der Waals surface area contributed by atoms with Gasteiger partial charge in [-0.2, -0.15) is 0 Å². The molecule has 0 bridgehead atoms. The fourth-order valence-corrected chi connectivity index (χ4v) is 2.21. The quantitative estimate of drug-likeness (QED) is 0.645. The first-order chi connectivity index (χ1) is 8.63. The molecule has 1 aromatic heterocycles. The third kappa shape index (κ3) is 1.85. The summed E-state index contributed by atoms with van der Waals surface area (Å²) in [5, 5.41) is 1.72. The summed E-state index contributed by atoms with van der Waals surface area (Å²) in [7, 11) is 0. The molecule has 0 aliphatic rings. The van der Waals surface area contributed by atoms with Crippen LogP contribution in [0.15, 0.2) is 46.9 Å². The summed E-state index contributed by atoms with van der Waals surface area (Å²) >= 11 is 5.99. The number of benzene rings is 2. The minimum atomic E-state index is 0.649. The van der Waals surface area contributed by atoms with Gasteiger partial charge in [0.2, 0.25) is 0 Å². The van der Waals surface area contributed by atoms with Crippen molar-refractivity contribution in [2.75, 3.05) is 5.73 Å². The summed E-state index contributed by atoms with van der Waals surface area (Å²) in [6.45, 7) is 2.06. The number of fused-ring (bicyclic) bond motifs is 1. The fourth-order valence-electron chi connectivity index (χ4n) is 2.04. The van der Waals surface area contributed by atoms with Crippen molar-refractivity contribution in [3.05, 3.63) is 53.1 Å². The summed E-state index contributed by atoms with van der Waals surface area (Å²) in [4.78, 5) is 0. The third-order valence-electron chi connectivity index (χ3n) is 2.95. The first kappa shape index (κ1) is 11.2. The molecule has 0 spiro atoms. The van der Waals surface area contributed by atoms with E-state index in [0.29, 0.717) is 10.7 Å². The summed E-state index contributed by atoms with van der Waals surface area (Å²) in [6, 6.07) is 13.4. The number of anilines is 1. The SMILES string of the molecule is Cc1ccc2oc(-c3cc(Cl)ccc3N)cc2c1. The van der Waals surface area contributed by atoms with Crippen molar-refractivity contribution >= 4 is 28.3 Å². The predicted molar refractivity (Wildman–Crippen MR) is 75.8 cm³/mol. The number of aryl methyl sites for hydroxylation is 1. The molecule has 0 unspecified atom stereocenters. The zero-order valence-electron chi connectivity index (χ0n) is 9.91. The molecule has 2 N–H and O–H groups in total. The third-order valence-corrected chi connectivity index (χ3v) is 3.19. The molecule has 18 heavy (non-hydrogen) atoms. The standard InChI is InChI=1S/C15H12ClNO/c1-9-2-5-14-10(6-9)7-15(18-14)12-8-11(16)3-4-13(12)17/h2-8H,17H2,1H3. The minimum Gasteiger partial charge on any atom is -0.456 e. The summed E-state index contributed by atoms with van der Waals surface area (Å²) < 4.78 is 5.81. The number of rotatable bonds is 1. The van der Waals surface area contributed by atoms with Gasteiger partial charge in [-0.05, 0) is 43.3 Å². The van der Waals surface area contributed by atoms with Crippen molar-refractivity contribution in [3.63, 3.8) is 0 Å². The van der Waals surface area contributed by atoms with Crippen molar-refractivity contribution in [1.29, 1.82) is 0 Å². The topological polar surface area (TPSA) is 39.2 Å². The molecule has 2 nitrogen and oxygen atoms in total. The zero-order valence-corrected chi connectivity index (χ0v) is 10.7. The van der Waals surface area contributed by atoms with Gasteiger partial charge in [0.05, 0.1) is 0 Å². The highest BCUT2D eigenvalue weighted by molar-refractivity contribution is 6.31. The maximum atomic E-state index is 5.99. The van der Waals surface area contributed by atoms with E-state index in [2.05, 4.69) is 13.0 Å². The van der Waals surface area contributed by atoms with Gasteiger partial charge >= 0.3 is 0 Å². The molecule has 0 aliphatic carbocycles. The maximum Gasteiger partial charge on any atom is 0.137 e. The van der Waals surface area contributed by atoms with Crippen LogP contribution in [-0.4, -0.2) is 0 Å². The van der Waals surface area contributed by atoms with E-state index in [1.807, 2.05) is 24.3 Å². The molecule has 0 amide bonds. The highest BCUT2D eigenvalue weighted by Crippen LogP contribution is 2.33. The van der Waals surface area contributed by atoms with Gasteiger partial charge in [-0.1, -0.05) is 23.2 Å². The normalized spacial score (nSPS) is 11.0. The molecule has 3 aromatic rings. The molecule has 3 heteroatoms. The van der Waals surface area contributed by atoms with Crippen LogP contribution < -0.4 is 5.73 Å². The largest absolute Gasteiger partial charge is 0.456 e. The second-order valence-electron chi connectivity index (χ2n) is 4.38. The van der Waals surface area contributed by atoms with Crippen LogP contribution in [0.2, 0.25) is 5.02 Å². The van der Waals surface area contributed by atoms with E-state index in [4.69, 9.17) is 21.8 Å². The van der Waals surface area contributed by atoms with E-state index in [0.717, 1.165) is 22.3 Å². The lowest BCUT2D eigenvalue weighted by Crippen LogP contribution is -1.88. The van der Waals surface area contributed by atoms with Crippen LogP contribution in [0, 0.1) is 6.92 Å². The van der Waals surface area contributed by atoms with Gasteiger partial charge in [0.25, 0.3) is 0 Å². The van der Waals surface area contributed by atoms with Crippen LogP contribution in [0.25, 0.3) is 22.3 Å². The highest BCUT2D eigenvalue weighted by atomic mass is 35.5. The molecule has 1 heterocycles. The molecule has 0 aliphatic heterocycles. The summed E-state index contributed by atoms with van der Waals surface area (Å²) in [5.41, 5.74) is 9.51. The van der Waals surface area contributed by atoms with E-state index in [1.54, 1.807) is 12.1 Å². The Bertz CT molecular complexity index is 730. The lowest BCUT2D eigenvalue weighted by molar-refractivity contribution is 0.632. The number of nitrogen functional groups attached to an aromatic ring is 1. The first-order valence-electron chi connectivity index (χ1n) is 5.69. The Morgan fingerprint density at radius 3 is 2.72 bits per heavy atom. The number of hydrogen-bond donors (Lipinski definition) is 1. The van der Waals surface area contributed by atoms with Crippen molar-refractivity contribution in [1.82, 2.24) is 0 Å². The Balaban J connectivity index is 2.22. The Labute approximate surface area is 110 Å². The minimum absolute atomic E-state index is 0.649. The monoisotopic (exact) mass is 257 g/mol. The predicted octanol–water partition coefficient (Wildman–Crippen LogP) is 4.64. The molecule has 0 fully saturated rings. The van der Waals surface area contributed by atoms with Gasteiger partial charge in [-0.15, -0.1) is 0 Å². The molecular formula is C15H12ClNO. The van der Waals surface area contributed by atoms with Gasteiger partial charge in [0.15, 0.2) is 0 Å². The molecule has 0 atom stereocenters. The highest BCUT2D eigenvalue weighted by Gasteiger charge is 2.09. The second kappa shape index (κ2) is 4.07.